The van der Waals surface area contributed by atoms with E-state index in [9.17, 15) is 4.79 Å². The predicted octanol–water partition coefficient (Wildman–Crippen LogP) is 4.08. The standard InChI is InChI=1S/C18H24N2O2S/c1-12-8-10-14(11-9-12)16-13(2)20(18(23)22-16)17(21)19-15-6-4-3-5-7-15/h8-11,13,15-16H,3-7H2,1-2H3,(H,19,21)/t13-,16+/m0/s1. The van der Waals surface area contributed by atoms with Gasteiger partial charge in [-0.05, 0) is 44.5 Å². The number of carbonyl (C=O) groups is 1. The van der Waals surface area contributed by atoms with Gasteiger partial charge in [0.05, 0.1) is 6.04 Å². The lowest BCUT2D eigenvalue weighted by molar-refractivity contribution is 0.188. The first-order valence-electron chi connectivity index (χ1n) is 8.43. The molecule has 1 aliphatic heterocycles. The smallest absolute Gasteiger partial charge is 0.325 e. The van der Waals surface area contributed by atoms with Crippen LogP contribution in [0.3, 0.4) is 0 Å². The first-order chi connectivity index (χ1) is 11.1. The summed E-state index contributed by atoms with van der Waals surface area (Å²) in [4.78, 5) is 14.2. The van der Waals surface area contributed by atoms with Crippen molar-refractivity contribution in [3.8, 4) is 0 Å². The summed E-state index contributed by atoms with van der Waals surface area (Å²) in [5, 5.41) is 3.40. The molecule has 0 aromatic heterocycles. The van der Waals surface area contributed by atoms with Gasteiger partial charge in [-0.25, -0.2) is 9.69 Å². The number of amides is 2. The van der Waals surface area contributed by atoms with Gasteiger partial charge in [0.25, 0.3) is 5.17 Å². The second-order valence-electron chi connectivity index (χ2n) is 6.61. The highest BCUT2D eigenvalue weighted by atomic mass is 32.1. The fourth-order valence-corrected chi connectivity index (χ4v) is 3.78. The number of ether oxygens (including phenoxy) is 1. The van der Waals surface area contributed by atoms with E-state index in [1.54, 1.807) is 4.90 Å². The molecule has 1 aromatic rings. The van der Waals surface area contributed by atoms with Crippen molar-refractivity contribution in [1.29, 1.82) is 0 Å². The van der Waals surface area contributed by atoms with Crippen LogP contribution in [-0.4, -0.2) is 28.2 Å². The van der Waals surface area contributed by atoms with E-state index < -0.39 is 0 Å². The molecule has 5 heteroatoms. The second-order valence-corrected chi connectivity index (χ2v) is 6.96. The molecule has 1 aromatic carbocycles. The van der Waals surface area contributed by atoms with E-state index in [0.29, 0.717) is 0 Å². The van der Waals surface area contributed by atoms with Crippen LogP contribution in [0.15, 0.2) is 24.3 Å². The van der Waals surface area contributed by atoms with Crippen LogP contribution in [-0.2, 0) is 4.74 Å². The minimum atomic E-state index is -0.194. The van der Waals surface area contributed by atoms with E-state index in [2.05, 4.69) is 24.4 Å². The molecule has 0 radical (unpaired) electrons. The molecule has 1 N–H and O–H groups in total. The summed E-state index contributed by atoms with van der Waals surface area (Å²) < 4.78 is 5.82. The maximum absolute atomic E-state index is 12.6. The average molecular weight is 332 g/mol. The third-order valence-electron chi connectivity index (χ3n) is 4.83. The maximum Gasteiger partial charge on any atom is 0.325 e. The van der Waals surface area contributed by atoms with Crippen LogP contribution >= 0.6 is 12.2 Å². The van der Waals surface area contributed by atoms with E-state index in [-0.39, 0.29) is 29.4 Å². The number of thiocarbonyl (C=S) groups is 1. The Bertz CT molecular complexity index is 581. The Morgan fingerprint density at radius 2 is 1.87 bits per heavy atom. The predicted molar refractivity (Wildman–Crippen MR) is 94.3 cm³/mol. The largest absolute Gasteiger partial charge is 0.460 e. The Balaban J connectivity index is 1.69. The van der Waals surface area contributed by atoms with Gasteiger partial charge < -0.3 is 10.1 Å². The molecule has 0 unspecified atom stereocenters. The molecule has 3 rings (SSSR count). The molecule has 2 fully saturated rings. The highest BCUT2D eigenvalue weighted by Gasteiger charge is 2.41. The Labute approximate surface area is 143 Å². The summed E-state index contributed by atoms with van der Waals surface area (Å²) in [5.74, 6) is 0. The zero-order chi connectivity index (χ0) is 16.4. The lowest BCUT2D eigenvalue weighted by Gasteiger charge is -2.27. The summed E-state index contributed by atoms with van der Waals surface area (Å²) in [6.45, 7) is 4.04. The summed E-state index contributed by atoms with van der Waals surface area (Å²) in [7, 11) is 0. The molecule has 1 saturated carbocycles. The number of urea groups is 1. The van der Waals surface area contributed by atoms with Crippen LogP contribution in [0.2, 0.25) is 0 Å². The minimum absolute atomic E-state index is 0.103. The fourth-order valence-electron chi connectivity index (χ4n) is 3.43. The maximum atomic E-state index is 12.6. The molecule has 0 bridgehead atoms. The van der Waals surface area contributed by atoms with E-state index in [1.165, 1.54) is 24.8 Å². The average Bonchev–Trinajstić information content (AvgIpc) is 2.84. The molecule has 1 saturated heterocycles. The molecule has 2 atom stereocenters. The van der Waals surface area contributed by atoms with Gasteiger partial charge in [-0.1, -0.05) is 49.1 Å². The topological polar surface area (TPSA) is 41.6 Å². The van der Waals surface area contributed by atoms with Gasteiger partial charge in [0.1, 0.15) is 6.10 Å². The highest BCUT2D eigenvalue weighted by molar-refractivity contribution is 7.80. The fraction of sp³-hybridized carbons (Fsp3) is 0.556. The number of nitrogens with one attached hydrogen (secondary N) is 1. The van der Waals surface area contributed by atoms with E-state index in [0.717, 1.165) is 18.4 Å². The second kappa shape index (κ2) is 6.87. The van der Waals surface area contributed by atoms with Crippen LogP contribution in [0.1, 0.15) is 56.3 Å². The summed E-state index contributed by atoms with van der Waals surface area (Å²) in [5.41, 5.74) is 2.26. The molecular formula is C18H24N2O2S. The highest BCUT2D eigenvalue weighted by Crippen LogP contribution is 2.33. The van der Waals surface area contributed by atoms with E-state index in [4.69, 9.17) is 17.0 Å². The zero-order valence-corrected chi connectivity index (χ0v) is 14.6. The lowest BCUT2D eigenvalue weighted by Crippen LogP contribution is -2.48. The molecule has 124 valence electrons. The first-order valence-corrected chi connectivity index (χ1v) is 8.84. The van der Waals surface area contributed by atoms with Crippen molar-refractivity contribution in [2.24, 2.45) is 0 Å². The van der Waals surface area contributed by atoms with Gasteiger partial charge in [0, 0.05) is 6.04 Å². The SMILES string of the molecule is Cc1ccc([C@@H]2OC(=S)N(C(=O)NC3CCCCC3)[C@H]2C)cc1. The summed E-state index contributed by atoms with van der Waals surface area (Å²) >= 11 is 5.31. The van der Waals surface area contributed by atoms with Crippen molar-refractivity contribution in [3.05, 3.63) is 35.4 Å². The van der Waals surface area contributed by atoms with Crippen molar-refractivity contribution in [3.63, 3.8) is 0 Å². The Morgan fingerprint density at radius 3 is 2.52 bits per heavy atom. The van der Waals surface area contributed by atoms with Gasteiger partial charge in [-0.15, -0.1) is 0 Å². The third kappa shape index (κ3) is 3.50. The number of nitrogens with zero attached hydrogens (tertiary/aromatic N) is 1. The summed E-state index contributed by atoms with van der Waals surface area (Å²) in [6.07, 6.45) is 5.57. The number of carbonyl (C=O) groups excluding carboxylic acids is 1. The quantitative estimate of drug-likeness (QED) is 0.830. The number of hydrogen-bond acceptors (Lipinski definition) is 3. The van der Waals surface area contributed by atoms with Gasteiger partial charge in [-0.3, -0.25) is 0 Å². The van der Waals surface area contributed by atoms with Crippen LogP contribution in [0.4, 0.5) is 4.79 Å². The third-order valence-corrected chi connectivity index (χ3v) is 5.12. The number of benzene rings is 1. The zero-order valence-electron chi connectivity index (χ0n) is 13.7. The van der Waals surface area contributed by atoms with Gasteiger partial charge >= 0.3 is 6.03 Å². The molecule has 23 heavy (non-hydrogen) atoms. The number of aryl methyl sites for hydroxylation is 1. The van der Waals surface area contributed by atoms with Gasteiger partial charge in [0.15, 0.2) is 0 Å². The van der Waals surface area contributed by atoms with Crippen LogP contribution in [0, 0.1) is 6.92 Å². The van der Waals surface area contributed by atoms with Gasteiger partial charge in [-0.2, -0.15) is 0 Å². The molecule has 1 aliphatic carbocycles. The van der Waals surface area contributed by atoms with Gasteiger partial charge in [0.2, 0.25) is 0 Å². The molecule has 4 nitrogen and oxygen atoms in total. The van der Waals surface area contributed by atoms with Crippen LogP contribution in [0.25, 0.3) is 0 Å². The number of rotatable bonds is 2. The molecule has 2 aliphatic rings. The Hall–Kier alpha value is -1.62. The lowest BCUT2D eigenvalue weighted by atomic mass is 9.96. The summed E-state index contributed by atoms with van der Waals surface area (Å²) in [6, 6.07) is 8.24. The molecule has 1 heterocycles. The Kier molecular flexibility index (Phi) is 4.85. The van der Waals surface area contributed by atoms with E-state index >= 15 is 0 Å². The van der Waals surface area contributed by atoms with Crippen molar-refractivity contribution >= 4 is 23.4 Å². The number of hydrogen-bond donors (Lipinski definition) is 1. The van der Waals surface area contributed by atoms with E-state index in [1.807, 2.05) is 19.1 Å². The van der Waals surface area contributed by atoms with Crippen molar-refractivity contribution in [2.75, 3.05) is 0 Å². The Morgan fingerprint density at radius 1 is 1.22 bits per heavy atom. The normalized spacial score (nSPS) is 25.3. The van der Waals surface area contributed by atoms with Crippen molar-refractivity contribution in [1.82, 2.24) is 10.2 Å². The van der Waals surface area contributed by atoms with Crippen molar-refractivity contribution < 1.29 is 9.53 Å². The van der Waals surface area contributed by atoms with Crippen LogP contribution < -0.4 is 5.32 Å². The minimum Gasteiger partial charge on any atom is -0.460 e. The first kappa shape index (κ1) is 16.2. The molecular weight excluding hydrogens is 308 g/mol. The monoisotopic (exact) mass is 332 g/mol. The van der Waals surface area contributed by atoms with Crippen LogP contribution in [0.5, 0.6) is 0 Å². The molecule has 0 spiro atoms. The van der Waals surface area contributed by atoms with Crippen molar-refractivity contribution in [2.45, 2.75) is 64.1 Å². The molecule has 2 amide bonds.